The Morgan fingerprint density at radius 2 is 1.93 bits per heavy atom. The van der Waals surface area contributed by atoms with Crippen LogP contribution in [0.25, 0.3) is 0 Å². The Kier molecular flexibility index (Phi) is 3.38. The van der Waals surface area contributed by atoms with Crippen molar-refractivity contribution in [1.82, 2.24) is 0 Å². The number of methoxy groups -OCH3 is 1. The van der Waals surface area contributed by atoms with Gasteiger partial charge in [-0.05, 0) is 18.2 Å². The molecule has 1 aromatic carbocycles. The summed E-state index contributed by atoms with van der Waals surface area (Å²) in [5.41, 5.74) is -0.450. The monoisotopic (exact) mass is 282 g/mol. The molecule has 0 aliphatic carbocycles. The molecule has 0 unspecified atom stereocenters. The van der Waals surface area contributed by atoms with Gasteiger partial charge in [-0.25, -0.2) is 0 Å². The van der Waals surface area contributed by atoms with E-state index in [1.54, 1.807) is 0 Å². The van der Waals surface area contributed by atoms with Crippen LogP contribution in [0.15, 0.2) is 22.7 Å². The number of ketones is 1. The molecule has 0 spiro atoms. The highest BCUT2D eigenvalue weighted by Gasteiger charge is 2.39. The van der Waals surface area contributed by atoms with Gasteiger partial charge in [-0.1, -0.05) is 15.9 Å². The molecular formula is C9H6BrF3O2. The molecule has 2 nitrogen and oxygen atoms in total. The van der Waals surface area contributed by atoms with E-state index in [1.807, 2.05) is 0 Å². The number of carbonyl (C=O) groups excluding carboxylic acids is 1. The second-order valence-electron chi connectivity index (χ2n) is 2.71. The summed E-state index contributed by atoms with van der Waals surface area (Å²) < 4.78 is 41.4. The Bertz CT molecular complexity index is 387. The van der Waals surface area contributed by atoms with E-state index < -0.39 is 17.5 Å². The Morgan fingerprint density at radius 3 is 2.40 bits per heavy atom. The van der Waals surface area contributed by atoms with E-state index in [2.05, 4.69) is 15.9 Å². The third-order valence-corrected chi connectivity index (χ3v) is 2.08. The van der Waals surface area contributed by atoms with Crippen molar-refractivity contribution in [3.05, 3.63) is 28.2 Å². The zero-order valence-electron chi connectivity index (χ0n) is 7.56. The Hall–Kier alpha value is -1.04. The van der Waals surface area contributed by atoms with Crippen LogP contribution in [0.3, 0.4) is 0 Å². The molecule has 0 atom stereocenters. The first-order valence-electron chi connectivity index (χ1n) is 3.80. The number of benzene rings is 1. The van der Waals surface area contributed by atoms with Crippen LogP contribution in [0, 0.1) is 0 Å². The molecule has 6 heteroatoms. The highest BCUT2D eigenvalue weighted by Crippen LogP contribution is 2.27. The van der Waals surface area contributed by atoms with Gasteiger partial charge in [-0.3, -0.25) is 4.79 Å². The lowest BCUT2D eigenvalue weighted by Gasteiger charge is -2.07. The van der Waals surface area contributed by atoms with Crippen molar-refractivity contribution < 1.29 is 22.7 Å². The maximum absolute atomic E-state index is 12.1. The van der Waals surface area contributed by atoms with Crippen LogP contribution in [-0.4, -0.2) is 19.1 Å². The summed E-state index contributed by atoms with van der Waals surface area (Å²) in [6.07, 6.45) is -4.87. The summed E-state index contributed by atoms with van der Waals surface area (Å²) in [6, 6.07) is 3.60. The predicted octanol–water partition coefficient (Wildman–Crippen LogP) is 3.20. The molecular weight excluding hydrogens is 277 g/mol. The van der Waals surface area contributed by atoms with Gasteiger partial charge < -0.3 is 4.74 Å². The van der Waals surface area contributed by atoms with E-state index in [1.165, 1.54) is 13.2 Å². The number of alkyl halides is 3. The molecule has 0 saturated carbocycles. The normalized spacial score (nSPS) is 11.3. The summed E-state index contributed by atoms with van der Waals surface area (Å²) >= 11 is 2.99. The van der Waals surface area contributed by atoms with Crippen LogP contribution in [-0.2, 0) is 0 Å². The highest BCUT2D eigenvalue weighted by atomic mass is 79.9. The number of carbonyl (C=O) groups is 1. The largest absolute Gasteiger partial charge is 0.497 e. The molecule has 0 heterocycles. The van der Waals surface area contributed by atoms with Crippen molar-refractivity contribution in [2.45, 2.75) is 6.18 Å². The number of halogens is 4. The van der Waals surface area contributed by atoms with Gasteiger partial charge in [-0.15, -0.1) is 0 Å². The van der Waals surface area contributed by atoms with Gasteiger partial charge in [-0.2, -0.15) is 13.2 Å². The first kappa shape index (κ1) is 12.0. The summed E-state index contributed by atoms with van der Waals surface area (Å²) in [7, 11) is 1.31. The first-order chi connectivity index (χ1) is 6.84. The fraction of sp³-hybridized carbons (Fsp3) is 0.222. The summed E-state index contributed by atoms with van der Waals surface area (Å²) in [5.74, 6) is -1.70. The number of Topliss-reactive ketones (excluding diaryl/α,β-unsaturated/α-hetero) is 1. The van der Waals surface area contributed by atoms with Crippen molar-refractivity contribution in [3.8, 4) is 5.75 Å². The fourth-order valence-electron chi connectivity index (χ4n) is 0.975. The average Bonchev–Trinajstić information content (AvgIpc) is 2.14. The van der Waals surface area contributed by atoms with Gasteiger partial charge in [0, 0.05) is 10.0 Å². The Labute approximate surface area is 92.2 Å². The van der Waals surface area contributed by atoms with Crippen molar-refractivity contribution in [1.29, 1.82) is 0 Å². The number of rotatable bonds is 2. The lowest BCUT2D eigenvalue weighted by Crippen LogP contribution is -2.22. The van der Waals surface area contributed by atoms with Crippen LogP contribution >= 0.6 is 15.9 Å². The van der Waals surface area contributed by atoms with E-state index in [-0.39, 0.29) is 5.75 Å². The topological polar surface area (TPSA) is 26.3 Å². The van der Waals surface area contributed by atoms with Gasteiger partial charge in [0.2, 0.25) is 0 Å². The van der Waals surface area contributed by atoms with Crippen molar-refractivity contribution >= 4 is 21.7 Å². The highest BCUT2D eigenvalue weighted by molar-refractivity contribution is 9.10. The SMILES string of the molecule is COc1cc(Br)cc(C(=O)C(F)(F)F)c1. The van der Waals surface area contributed by atoms with Crippen LogP contribution in [0.5, 0.6) is 5.75 Å². The lowest BCUT2D eigenvalue weighted by molar-refractivity contribution is -0.0885. The average molecular weight is 283 g/mol. The molecule has 0 aliphatic heterocycles. The molecule has 0 aromatic heterocycles. The van der Waals surface area contributed by atoms with Crippen molar-refractivity contribution in [2.24, 2.45) is 0 Å². The van der Waals surface area contributed by atoms with Crippen LogP contribution < -0.4 is 4.74 Å². The number of ether oxygens (including phenoxy) is 1. The fourth-order valence-corrected chi connectivity index (χ4v) is 1.45. The van der Waals surface area contributed by atoms with Gasteiger partial charge >= 0.3 is 6.18 Å². The molecule has 0 N–H and O–H groups in total. The zero-order chi connectivity index (χ0) is 11.6. The molecule has 1 aromatic rings. The predicted molar refractivity (Wildman–Crippen MR) is 51.1 cm³/mol. The zero-order valence-corrected chi connectivity index (χ0v) is 9.15. The maximum Gasteiger partial charge on any atom is 0.454 e. The molecule has 15 heavy (non-hydrogen) atoms. The van der Waals surface area contributed by atoms with E-state index in [4.69, 9.17) is 4.74 Å². The number of hydrogen-bond acceptors (Lipinski definition) is 2. The third-order valence-electron chi connectivity index (χ3n) is 1.63. The summed E-state index contributed by atoms with van der Waals surface area (Å²) in [6.45, 7) is 0. The first-order valence-corrected chi connectivity index (χ1v) is 4.60. The maximum atomic E-state index is 12.1. The minimum absolute atomic E-state index is 0.192. The van der Waals surface area contributed by atoms with Crippen LogP contribution in [0.4, 0.5) is 13.2 Å². The van der Waals surface area contributed by atoms with Crippen molar-refractivity contribution in [2.75, 3.05) is 7.11 Å². The van der Waals surface area contributed by atoms with E-state index in [0.29, 0.717) is 4.47 Å². The molecule has 0 radical (unpaired) electrons. The van der Waals surface area contributed by atoms with Gasteiger partial charge in [0.25, 0.3) is 5.78 Å². The molecule has 0 fully saturated rings. The smallest absolute Gasteiger partial charge is 0.454 e. The van der Waals surface area contributed by atoms with Gasteiger partial charge in [0.05, 0.1) is 7.11 Å². The van der Waals surface area contributed by atoms with E-state index in [0.717, 1.165) is 12.1 Å². The van der Waals surface area contributed by atoms with Crippen LogP contribution in [0.1, 0.15) is 10.4 Å². The standard InChI is InChI=1S/C9H6BrF3O2/c1-15-7-3-5(2-6(10)4-7)8(14)9(11,12)13/h2-4H,1H3. The molecule has 0 aliphatic rings. The van der Waals surface area contributed by atoms with Gasteiger partial charge in [0.15, 0.2) is 0 Å². The minimum atomic E-state index is -4.87. The Morgan fingerprint density at radius 1 is 1.33 bits per heavy atom. The van der Waals surface area contributed by atoms with Crippen molar-refractivity contribution in [3.63, 3.8) is 0 Å². The lowest BCUT2D eigenvalue weighted by atomic mass is 10.1. The molecule has 1 rings (SSSR count). The molecule has 0 bridgehead atoms. The molecule has 0 amide bonds. The third kappa shape index (κ3) is 2.95. The second kappa shape index (κ2) is 4.22. The molecule has 0 saturated heterocycles. The summed E-state index contributed by atoms with van der Waals surface area (Å²) in [4.78, 5) is 10.9. The second-order valence-corrected chi connectivity index (χ2v) is 3.62. The minimum Gasteiger partial charge on any atom is -0.497 e. The van der Waals surface area contributed by atoms with E-state index >= 15 is 0 Å². The number of hydrogen-bond donors (Lipinski definition) is 0. The quantitative estimate of drug-likeness (QED) is 0.779. The molecule has 82 valence electrons. The van der Waals surface area contributed by atoms with E-state index in [9.17, 15) is 18.0 Å². The van der Waals surface area contributed by atoms with Crippen LogP contribution in [0.2, 0.25) is 0 Å². The Balaban J connectivity index is 3.15. The van der Waals surface area contributed by atoms with Gasteiger partial charge in [0.1, 0.15) is 5.75 Å². The summed E-state index contributed by atoms with van der Waals surface area (Å²) in [5, 5.41) is 0.